The van der Waals surface area contributed by atoms with Gasteiger partial charge in [-0.05, 0) is 12.1 Å². The Kier molecular flexibility index (Phi) is 2.62. The summed E-state index contributed by atoms with van der Waals surface area (Å²) in [6, 6.07) is 3.41. The monoisotopic (exact) mass is 209 g/mol. The number of imidazole rings is 1. The minimum Gasteiger partial charge on any atom is -0.377 e. The molecule has 0 aliphatic heterocycles. The molecule has 78 valence electrons. The molecule has 3 nitrogen and oxygen atoms in total. The number of nitrogens with zero attached hydrogens (tertiary/aromatic N) is 1. The maximum Gasteiger partial charge on any atom is 0.149 e. The number of aromatic amines is 1. The minimum atomic E-state index is -0.602. The number of nitrogens with one attached hydrogen (secondary N) is 2. The summed E-state index contributed by atoms with van der Waals surface area (Å²) < 4.78 is 25.7. The molecule has 1 heterocycles. The van der Waals surface area contributed by atoms with E-state index in [-0.39, 0.29) is 5.69 Å². The zero-order valence-electron chi connectivity index (χ0n) is 7.80. The van der Waals surface area contributed by atoms with Crippen LogP contribution in [0.5, 0.6) is 0 Å². The Morgan fingerprint density at radius 2 is 2.20 bits per heavy atom. The predicted octanol–water partition coefficient (Wildman–Crippen LogP) is 2.30. The maximum absolute atomic E-state index is 13.2. The van der Waals surface area contributed by atoms with Crippen molar-refractivity contribution in [3.05, 3.63) is 48.1 Å². The van der Waals surface area contributed by atoms with E-state index in [9.17, 15) is 8.78 Å². The highest BCUT2D eigenvalue weighted by Gasteiger charge is 2.03. The fourth-order valence-corrected chi connectivity index (χ4v) is 1.20. The van der Waals surface area contributed by atoms with Gasteiger partial charge in [-0.1, -0.05) is 0 Å². The molecule has 0 spiro atoms. The van der Waals surface area contributed by atoms with Crippen molar-refractivity contribution in [1.82, 2.24) is 9.97 Å². The molecule has 0 saturated carbocycles. The smallest absolute Gasteiger partial charge is 0.149 e. The van der Waals surface area contributed by atoms with E-state index >= 15 is 0 Å². The lowest BCUT2D eigenvalue weighted by Crippen LogP contribution is -2.01. The van der Waals surface area contributed by atoms with Gasteiger partial charge in [-0.15, -0.1) is 0 Å². The molecule has 1 aromatic carbocycles. The fourth-order valence-electron chi connectivity index (χ4n) is 1.20. The second kappa shape index (κ2) is 4.08. The van der Waals surface area contributed by atoms with E-state index in [4.69, 9.17) is 0 Å². The number of aromatic nitrogens is 2. The van der Waals surface area contributed by atoms with Gasteiger partial charge in [0.2, 0.25) is 0 Å². The van der Waals surface area contributed by atoms with Crippen molar-refractivity contribution < 1.29 is 8.78 Å². The summed E-state index contributed by atoms with van der Waals surface area (Å²) >= 11 is 0. The van der Waals surface area contributed by atoms with Gasteiger partial charge in [-0.3, -0.25) is 0 Å². The van der Waals surface area contributed by atoms with Crippen LogP contribution in [-0.4, -0.2) is 9.97 Å². The summed E-state index contributed by atoms with van der Waals surface area (Å²) in [5, 5.41) is 2.83. The molecular formula is C10H9F2N3. The predicted molar refractivity (Wildman–Crippen MR) is 52.3 cm³/mol. The molecule has 0 amide bonds. The topological polar surface area (TPSA) is 40.7 Å². The molecule has 5 heteroatoms. The van der Waals surface area contributed by atoms with Gasteiger partial charge in [0.15, 0.2) is 0 Å². The highest BCUT2D eigenvalue weighted by atomic mass is 19.1. The molecule has 0 aliphatic rings. The Balaban J connectivity index is 2.05. The molecule has 0 radical (unpaired) electrons. The third kappa shape index (κ3) is 2.31. The zero-order chi connectivity index (χ0) is 10.7. The molecule has 0 saturated heterocycles. The largest absolute Gasteiger partial charge is 0.377 e. The Hall–Kier alpha value is -1.91. The Labute approximate surface area is 85.2 Å². The standard InChI is InChI=1S/C10H9F2N3/c11-7-1-2-10(9(12)3-7)14-5-8-4-13-6-15-8/h1-4,6,14H,5H2,(H,13,15). The van der Waals surface area contributed by atoms with Crippen LogP contribution in [-0.2, 0) is 6.54 Å². The Bertz CT molecular complexity index is 440. The van der Waals surface area contributed by atoms with E-state index < -0.39 is 11.6 Å². The van der Waals surface area contributed by atoms with E-state index in [2.05, 4.69) is 15.3 Å². The lowest BCUT2D eigenvalue weighted by Gasteiger charge is -2.05. The number of rotatable bonds is 3. The quantitative estimate of drug-likeness (QED) is 0.814. The van der Waals surface area contributed by atoms with Crippen LogP contribution in [0.2, 0.25) is 0 Å². The van der Waals surface area contributed by atoms with Crippen LogP contribution in [0.3, 0.4) is 0 Å². The molecule has 0 bridgehead atoms. The third-order valence-electron chi connectivity index (χ3n) is 1.96. The van der Waals surface area contributed by atoms with Gasteiger partial charge in [-0.25, -0.2) is 13.8 Å². The number of hydrogen-bond acceptors (Lipinski definition) is 2. The normalized spacial score (nSPS) is 10.3. The third-order valence-corrected chi connectivity index (χ3v) is 1.96. The summed E-state index contributed by atoms with van der Waals surface area (Å²) in [5.41, 5.74) is 1.10. The van der Waals surface area contributed by atoms with Crippen molar-refractivity contribution in [2.45, 2.75) is 6.54 Å². The number of hydrogen-bond donors (Lipinski definition) is 2. The van der Waals surface area contributed by atoms with Crippen molar-refractivity contribution in [2.75, 3.05) is 5.32 Å². The number of halogens is 2. The molecule has 15 heavy (non-hydrogen) atoms. The second-order valence-corrected chi connectivity index (χ2v) is 3.05. The van der Waals surface area contributed by atoms with Gasteiger partial charge in [-0.2, -0.15) is 0 Å². The van der Waals surface area contributed by atoms with Crippen LogP contribution in [0.1, 0.15) is 5.69 Å². The van der Waals surface area contributed by atoms with Gasteiger partial charge >= 0.3 is 0 Å². The van der Waals surface area contributed by atoms with Crippen molar-refractivity contribution in [2.24, 2.45) is 0 Å². The molecule has 2 aromatic rings. The van der Waals surface area contributed by atoms with Gasteiger partial charge < -0.3 is 10.3 Å². The van der Waals surface area contributed by atoms with E-state index in [1.807, 2.05) is 0 Å². The van der Waals surface area contributed by atoms with Crippen LogP contribution >= 0.6 is 0 Å². The maximum atomic E-state index is 13.2. The average Bonchev–Trinajstić information content (AvgIpc) is 2.69. The second-order valence-electron chi connectivity index (χ2n) is 3.05. The van der Waals surface area contributed by atoms with Crippen LogP contribution in [0.25, 0.3) is 0 Å². The molecular weight excluding hydrogens is 200 g/mol. The number of benzene rings is 1. The minimum absolute atomic E-state index is 0.269. The van der Waals surface area contributed by atoms with Crippen molar-refractivity contribution in [3.63, 3.8) is 0 Å². The summed E-state index contributed by atoms with van der Waals surface area (Å²) in [7, 11) is 0. The average molecular weight is 209 g/mol. The number of anilines is 1. The van der Waals surface area contributed by atoms with Crippen molar-refractivity contribution in [3.8, 4) is 0 Å². The molecule has 0 aliphatic carbocycles. The van der Waals surface area contributed by atoms with Crippen LogP contribution in [0.4, 0.5) is 14.5 Å². The highest BCUT2D eigenvalue weighted by molar-refractivity contribution is 5.44. The van der Waals surface area contributed by atoms with Crippen LogP contribution in [0.15, 0.2) is 30.7 Å². The highest BCUT2D eigenvalue weighted by Crippen LogP contribution is 2.15. The van der Waals surface area contributed by atoms with E-state index in [1.165, 1.54) is 18.5 Å². The van der Waals surface area contributed by atoms with Crippen LogP contribution < -0.4 is 5.32 Å². The SMILES string of the molecule is Fc1ccc(NCc2cnc[nH]2)c(F)c1. The van der Waals surface area contributed by atoms with Gasteiger partial charge in [0.05, 0.1) is 24.3 Å². The van der Waals surface area contributed by atoms with Gasteiger partial charge in [0.1, 0.15) is 11.6 Å². The summed E-state index contributed by atoms with van der Waals surface area (Å²) in [5.74, 6) is -1.19. The van der Waals surface area contributed by atoms with Crippen molar-refractivity contribution >= 4 is 5.69 Å². The van der Waals surface area contributed by atoms with E-state index in [0.29, 0.717) is 6.54 Å². The summed E-state index contributed by atoms with van der Waals surface area (Å²) in [6.45, 7) is 0.419. The lowest BCUT2D eigenvalue weighted by atomic mass is 10.3. The Morgan fingerprint density at radius 3 is 2.87 bits per heavy atom. The first-order valence-electron chi connectivity index (χ1n) is 4.42. The van der Waals surface area contributed by atoms with E-state index in [1.54, 1.807) is 6.20 Å². The molecule has 2 rings (SSSR count). The lowest BCUT2D eigenvalue weighted by molar-refractivity contribution is 0.585. The van der Waals surface area contributed by atoms with Gasteiger partial charge in [0, 0.05) is 12.3 Å². The molecule has 0 atom stereocenters. The van der Waals surface area contributed by atoms with E-state index in [0.717, 1.165) is 11.8 Å². The first-order chi connectivity index (χ1) is 7.25. The van der Waals surface area contributed by atoms with Crippen molar-refractivity contribution in [1.29, 1.82) is 0 Å². The molecule has 1 aromatic heterocycles. The molecule has 0 unspecified atom stereocenters. The first kappa shape index (κ1) is 9.64. The number of H-pyrrole nitrogens is 1. The Morgan fingerprint density at radius 1 is 1.33 bits per heavy atom. The molecule has 2 N–H and O–H groups in total. The summed E-state index contributed by atoms with van der Waals surface area (Å²) in [4.78, 5) is 6.69. The zero-order valence-corrected chi connectivity index (χ0v) is 7.80. The fraction of sp³-hybridized carbons (Fsp3) is 0.100. The van der Waals surface area contributed by atoms with Crippen LogP contribution in [0, 0.1) is 11.6 Å². The first-order valence-corrected chi connectivity index (χ1v) is 4.42. The van der Waals surface area contributed by atoms with Gasteiger partial charge in [0.25, 0.3) is 0 Å². The molecule has 0 fully saturated rings. The summed E-state index contributed by atoms with van der Waals surface area (Å²) in [6.07, 6.45) is 3.17.